The van der Waals surface area contributed by atoms with E-state index in [1.807, 2.05) is 16.9 Å². The Balaban J connectivity index is 1.81. The average molecular weight is 266 g/mol. The number of amides is 1. The quantitative estimate of drug-likeness (QED) is 0.789. The lowest BCUT2D eigenvalue weighted by atomic mass is 10.3. The van der Waals surface area contributed by atoms with Crippen molar-refractivity contribution in [3.05, 3.63) is 18.0 Å². The van der Waals surface area contributed by atoms with Gasteiger partial charge in [0, 0.05) is 13.3 Å². The molecule has 1 atom stereocenters. The Kier molecular flexibility index (Phi) is 4.93. The first-order valence-corrected chi connectivity index (χ1v) is 6.77. The molecule has 1 aliphatic rings. The zero-order valence-electron chi connectivity index (χ0n) is 11.3. The van der Waals surface area contributed by atoms with Crippen molar-refractivity contribution in [2.45, 2.75) is 44.3 Å². The second-order valence-corrected chi connectivity index (χ2v) is 5.01. The SMILES string of the molecule is COCC(N)C(=O)NCc1ccn(C2CCCC2)n1. The second kappa shape index (κ2) is 6.68. The number of nitrogens with zero attached hydrogens (tertiary/aromatic N) is 2. The first kappa shape index (κ1) is 14.0. The van der Waals surface area contributed by atoms with E-state index in [1.165, 1.54) is 32.8 Å². The zero-order chi connectivity index (χ0) is 13.7. The lowest BCUT2D eigenvalue weighted by Crippen LogP contribution is -2.43. The summed E-state index contributed by atoms with van der Waals surface area (Å²) < 4.78 is 6.86. The minimum absolute atomic E-state index is 0.211. The summed E-state index contributed by atoms with van der Waals surface area (Å²) in [6.45, 7) is 0.637. The number of ether oxygens (including phenoxy) is 1. The topological polar surface area (TPSA) is 82.2 Å². The number of methoxy groups -OCH3 is 1. The number of nitrogens with two attached hydrogens (primary N) is 1. The fourth-order valence-corrected chi connectivity index (χ4v) is 2.41. The van der Waals surface area contributed by atoms with Gasteiger partial charge in [0.25, 0.3) is 0 Å². The molecule has 0 aromatic carbocycles. The molecule has 0 bridgehead atoms. The number of hydrogen-bond donors (Lipinski definition) is 2. The van der Waals surface area contributed by atoms with Crippen LogP contribution in [0.2, 0.25) is 0 Å². The van der Waals surface area contributed by atoms with Gasteiger partial charge in [-0.3, -0.25) is 9.48 Å². The van der Waals surface area contributed by atoms with E-state index in [-0.39, 0.29) is 12.5 Å². The van der Waals surface area contributed by atoms with E-state index in [1.54, 1.807) is 0 Å². The second-order valence-electron chi connectivity index (χ2n) is 5.01. The van der Waals surface area contributed by atoms with Gasteiger partial charge in [-0.15, -0.1) is 0 Å². The van der Waals surface area contributed by atoms with E-state index >= 15 is 0 Å². The fourth-order valence-electron chi connectivity index (χ4n) is 2.41. The van der Waals surface area contributed by atoms with Gasteiger partial charge in [-0.2, -0.15) is 5.10 Å². The van der Waals surface area contributed by atoms with Gasteiger partial charge >= 0.3 is 0 Å². The van der Waals surface area contributed by atoms with Gasteiger partial charge in [0.05, 0.1) is 24.9 Å². The number of carbonyl (C=O) groups is 1. The van der Waals surface area contributed by atoms with Crippen LogP contribution in [0.4, 0.5) is 0 Å². The predicted octanol–water partition coefficient (Wildman–Crippen LogP) is 0.588. The van der Waals surface area contributed by atoms with Crippen molar-refractivity contribution in [1.82, 2.24) is 15.1 Å². The van der Waals surface area contributed by atoms with Crippen LogP contribution in [0.25, 0.3) is 0 Å². The first-order chi connectivity index (χ1) is 9.20. The maximum Gasteiger partial charge on any atom is 0.239 e. The van der Waals surface area contributed by atoms with Gasteiger partial charge in [-0.1, -0.05) is 12.8 Å². The highest BCUT2D eigenvalue weighted by molar-refractivity contribution is 5.81. The lowest BCUT2D eigenvalue weighted by Gasteiger charge is -2.11. The molecule has 1 aromatic rings. The first-order valence-electron chi connectivity index (χ1n) is 6.77. The van der Waals surface area contributed by atoms with Gasteiger partial charge in [-0.25, -0.2) is 0 Å². The molecule has 6 heteroatoms. The highest BCUT2D eigenvalue weighted by Crippen LogP contribution is 2.28. The summed E-state index contributed by atoms with van der Waals surface area (Å²) in [6.07, 6.45) is 6.95. The number of carbonyl (C=O) groups excluding carboxylic acids is 1. The Bertz CT molecular complexity index is 413. The van der Waals surface area contributed by atoms with Crippen molar-refractivity contribution in [3.63, 3.8) is 0 Å². The summed E-state index contributed by atoms with van der Waals surface area (Å²) in [5.74, 6) is -0.211. The molecular formula is C13H22N4O2. The maximum absolute atomic E-state index is 11.6. The number of hydrogen-bond acceptors (Lipinski definition) is 4. The molecule has 1 saturated carbocycles. The van der Waals surface area contributed by atoms with E-state index in [4.69, 9.17) is 10.5 Å². The van der Waals surface area contributed by atoms with Gasteiger partial charge in [-0.05, 0) is 18.9 Å². The van der Waals surface area contributed by atoms with Gasteiger partial charge in [0.2, 0.25) is 5.91 Å². The molecule has 1 amide bonds. The van der Waals surface area contributed by atoms with E-state index in [9.17, 15) is 4.79 Å². The number of aromatic nitrogens is 2. The van der Waals surface area contributed by atoms with Crippen LogP contribution in [0.15, 0.2) is 12.3 Å². The largest absolute Gasteiger partial charge is 0.383 e. The third kappa shape index (κ3) is 3.78. The Morgan fingerprint density at radius 2 is 2.37 bits per heavy atom. The van der Waals surface area contributed by atoms with Crippen LogP contribution in [-0.2, 0) is 16.1 Å². The summed E-state index contributed by atoms with van der Waals surface area (Å²) in [6, 6.07) is 1.85. The minimum atomic E-state index is -0.623. The van der Waals surface area contributed by atoms with E-state index in [0.717, 1.165) is 5.69 Å². The molecule has 1 heterocycles. The summed E-state index contributed by atoms with van der Waals surface area (Å²) >= 11 is 0. The molecular weight excluding hydrogens is 244 g/mol. The normalized spacial score (nSPS) is 17.6. The predicted molar refractivity (Wildman–Crippen MR) is 71.4 cm³/mol. The van der Waals surface area contributed by atoms with Crippen molar-refractivity contribution >= 4 is 5.91 Å². The van der Waals surface area contributed by atoms with Crippen molar-refractivity contribution in [2.75, 3.05) is 13.7 Å². The summed E-state index contributed by atoms with van der Waals surface area (Å²) in [5.41, 5.74) is 6.50. The standard InChI is InChI=1S/C13H22N4O2/c1-19-9-12(14)13(18)15-8-10-6-7-17(16-10)11-4-2-3-5-11/h6-7,11-12H,2-5,8-9,14H2,1H3,(H,15,18). The van der Waals surface area contributed by atoms with Crippen LogP contribution in [-0.4, -0.2) is 35.4 Å². The van der Waals surface area contributed by atoms with E-state index < -0.39 is 6.04 Å². The Morgan fingerprint density at radius 3 is 3.05 bits per heavy atom. The zero-order valence-corrected chi connectivity index (χ0v) is 11.3. The van der Waals surface area contributed by atoms with Gasteiger partial charge in [0.15, 0.2) is 0 Å². The van der Waals surface area contributed by atoms with Crippen molar-refractivity contribution in [1.29, 1.82) is 0 Å². The molecule has 19 heavy (non-hydrogen) atoms. The Labute approximate surface area is 113 Å². The highest BCUT2D eigenvalue weighted by Gasteiger charge is 2.18. The van der Waals surface area contributed by atoms with Gasteiger partial charge < -0.3 is 15.8 Å². The van der Waals surface area contributed by atoms with Crippen LogP contribution in [0.1, 0.15) is 37.4 Å². The van der Waals surface area contributed by atoms with E-state index in [2.05, 4.69) is 10.4 Å². The molecule has 0 radical (unpaired) electrons. The third-order valence-corrected chi connectivity index (χ3v) is 3.49. The molecule has 0 spiro atoms. The molecule has 1 aromatic heterocycles. The molecule has 0 aliphatic heterocycles. The number of nitrogens with one attached hydrogen (secondary N) is 1. The Hall–Kier alpha value is -1.40. The molecule has 1 aliphatic carbocycles. The summed E-state index contributed by atoms with van der Waals surface area (Å²) in [4.78, 5) is 11.6. The third-order valence-electron chi connectivity index (χ3n) is 3.49. The van der Waals surface area contributed by atoms with Crippen LogP contribution in [0.5, 0.6) is 0 Å². The van der Waals surface area contributed by atoms with Crippen molar-refractivity contribution in [3.8, 4) is 0 Å². The molecule has 2 rings (SSSR count). The lowest BCUT2D eigenvalue weighted by molar-refractivity contribution is -0.123. The minimum Gasteiger partial charge on any atom is -0.383 e. The van der Waals surface area contributed by atoms with E-state index in [0.29, 0.717) is 12.6 Å². The fraction of sp³-hybridized carbons (Fsp3) is 0.692. The van der Waals surface area contributed by atoms with Crippen LogP contribution < -0.4 is 11.1 Å². The number of rotatable bonds is 6. The average Bonchev–Trinajstić information content (AvgIpc) is 3.06. The Morgan fingerprint density at radius 1 is 1.63 bits per heavy atom. The maximum atomic E-state index is 11.6. The highest BCUT2D eigenvalue weighted by atomic mass is 16.5. The molecule has 106 valence electrons. The summed E-state index contributed by atoms with van der Waals surface area (Å²) in [5, 5.41) is 7.27. The molecule has 0 saturated heterocycles. The molecule has 6 nitrogen and oxygen atoms in total. The molecule has 3 N–H and O–H groups in total. The summed E-state index contributed by atoms with van der Waals surface area (Å²) in [7, 11) is 1.52. The smallest absolute Gasteiger partial charge is 0.239 e. The molecule has 1 unspecified atom stereocenters. The van der Waals surface area contributed by atoms with Crippen molar-refractivity contribution < 1.29 is 9.53 Å². The van der Waals surface area contributed by atoms with Gasteiger partial charge in [0.1, 0.15) is 6.04 Å². The van der Waals surface area contributed by atoms with Crippen LogP contribution in [0.3, 0.4) is 0 Å². The van der Waals surface area contributed by atoms with Crippen LogP contribution >= 0.6 is 0 Å². The van der Waals surface area contributed by atoms with Crippen LogP contribution in [0, 0.1) is 0 Å². The van der Waals surface area contributed by atoms with Crippen molar-refractivity contribution in [2.24, 2.45) is 5.73 Å². The monoisotopic (exact) mass is 266 g/mol. The molecule has 1 fully saturated rings.